The first kappa shape index (κ1) is 39.8. The summed E-state index contributed by atoms with van der Waals surface area (Å²) >= 11 is 0. The highest BCUT2D eigenvalue weighted by atomic mass is 16.6. The monoisotopic (exact) mass is 802 g/mol. The van der Waals surface area contributed by atoms with Crippen LogP contribution in [0.25, 0.3) is 11.0 Å². The second-order valence-electron chi connectivity index (χ2n) is 18.8. The third kappa shape index (κ3) is 7.41. The Morgan fingerprint density at radius 3 is 2.30 bits per heavy atom. The predicted octanol–water partition coefficient (Wildman–Crippen LogP) is 11.1. The summed E-state index contributed by atoms with van der Waals surface area (Å²) in [5.41, 5.74) is 7.91. The van der Waals surface area contributed by atoms with Crippen molar-refractivity contribution in [2.24, 2.45) is 5.92 Å². The Bertz CT molecular complexity index is 2600. The number of esters is 2. The van der Waals surface area contributed by atoms with Crippen molar-refractivity contribution in [3.05, 3.63) is 169 Å². The normalized spacial score (nSPS) is 24.4. The van der Waals surface area contributed by atoms with Gasteiger partial charge in [-0.15, -0.1) is 0 Å². The molecule has 5 unspecified atom stereocenters. The van der Waals surface area contributed by atoms with Crippen molar-refractivity contribution in [2.75, 3.05) is 0 Å². The second-order valence-corrected chi connectivity index (χ2v) is 18.8. The number of aryl methyl sites for hydroxylation is 2. The van der Waals surface area contributed by atoms with Crippen LogP contribution in [0.15, 0.2) is 124 Å². The van der Waals surface area contributed by atoms with E-state index in [1.165, 1.54) is 16.7 Å². The standard InChI is InChI=1S/C53H54O7/c1-31(2)39-21-17-32-15-18-35(19-16-32)40-22-20-37(36-14-10-13-34(28-36)27-33-11-8-7-9-12-33)29-38(40)30-44(54)57-48-45-43(60-53(5,6)49(48)59-50(39)55)24-23-42-41-25-26-52(3,4)46(41)51(56)58-47(42)45/h7-16,18-20,22-24,28,37-38,40,48-49H,17,21,25-27,29-30H2,1-6H3. The lowest BCUT2D eigenvalue weighted by Crippen LogP contribution is -2.52. The van der Waals surface area contributed by atoms with Crippen LogP contribution < -0.4 is 10.4 Å². The number of benzene rings is 4. The summed E-state index contributed by atoms with van der Waals surface area (Å²) < 4.78 is 26.0. The van der Waals surface area contributed by atoms with Crippen LogP contribution in [-0.4, -0.2) is 23.6 Å². The van der Waals surface area contributed by atoms with E-state index < -0.39 is 35.4 Å². The Balaban J connectivity index is 1.13. The van der Waals surface area contributed by atoms with Gasteiger partial charge >= 0.3 is 17.6 Å². The molecule has 0 saturated heterocycles. The van der Waals surface area contributed by atoms with Crippen LogP contribution in [0.5, 0.6) is 5.75 Å². The molecule has 2 aliphatic carbocycles. The summed E-state index contributed by atoms with van der Waals surface area (Å²) in [4.78, 5) is 42.9. The van der Waals surface area contributed by atoms with Crippen LogP contribution in [0.4, 0.5) is 0 Å². The highest BCUT2D eigenvalue weighted by Crippen LogP contribution is 2.50. The molecular formula is C53H54O7. The largest absolute Gasteiger partial charge is 0.483 e. The molecule has 2 bridgehead atoms. The Morgan fingerprint density at radius 1 is 0.767 bits per heavy atom. The van der Waals surface area contributed by atoms with E-state index >= 15 is 0 Å². The Kier molecular flexibility index (Phi) is 10.2. The molecule has 7 nitrogen and oxygen atoms in total. The van der Waals surface area contributed by atoms with E-state index in [-0.39, 0.29) is 29.6 Å². The minimum Gasteiger partial charge on any atom is -0.483 e. The highest BCUT2D eigenvalue weighted by Gasteiger charge is 2.51. The summed E-state index contributed by atoms with van der Waals surface area (Å²) in [5.74, 6) is -0.478. The number of fused-ring (bicyclic) bond motifs is 13. The molecule has 5 aromatic rings. The van der Waals surface area contributed by atoms with Crippen molar-refractivity contribution in [3.8, 4) is 5.75 Å². The van der Waals surface area contributed by atoms with Crippen LogP contribution in [0.3, 0.4) is 0 Å². The molecule has 0 radical (unpaired) electrons. The Morgan fingerprint density at radius 2 is 1.53 bits per heavy atom. The zero-order valence-corrected chi connectivity index (χ0v) is 35.5. The summed E-state index contributed by atoms with van der Waals surface area (Å²) in [5, 5.41) is 0.785. The van der Waals surface area contributed by atoms with Gasteiger partial charge < -0.3 is 18.6 Å². The first-order valence-corrected chi connectivity index (χ1v) is 21.5. The quantitative estimate of drug-likeness (QED) is 0.0776. The number of ether oxygens (including phenoxy) is 3. The number of allylic oxidation sites excluding steroid dienone is 3. The van der Waals surface area contributed by atoms with Crippen molar-refractivity contribution in [1.29, 1.82) is 0 Å². The number of hydrogen-bond acceptors (Lipinski definition) is 7. The predicted molar refractivity (Wildman–Crippen MR) is 233 cm³/mol. The molecule has 7 heteroatoms. The summed E-state index contributed by atoms with van der Waals surface area (Å²) in [6.07, 6.45) is 6.81. The molecule has 5 aliphatic rings. The number of hydrogen-bond donors (Lipinski definition) is 0. The highest BCUT2D eigenvalue weighted by molar-refractivity contribution is 5.90. The molecule has 4 aromatic carbocycles. The van der Waals surface area contributed by atoms with Gasteiger partial charge in [0.1, 0.15) is 16.9 Å². The SMILES string of the molecule is CC(C)=C1CCc2ccc(cc2)C2C=CC(c3cccc(Cc4ccccc4)c3)CC2CC(=O)OC2c3c(ccc4c5c(c(=O)oc34)C(C)(C)CC5)OC(C)(C)C2OC1=O. The topological polar surface area (TPSA) is 92.0 Å². The van der Waals surface area contributed by atoms with Gasteiger partial charge in [0, 0.05) is 34.8 Å². The lowest BCUT2D eigenvalue weighted by molar-refractivity contribution is -0.188. The summed E-state index contributed by atoms with van der Waals surface area (Å²) in [7, 11) is 0. The Hall–Kier alpha value is -5.69. The molecule has 0 saturated carbocycles. The maximum atomic E-state index is 14.8. The van der Waals surface area contributed by atoms with Gasteiger partial charge in [0.15, 0.2) is 12.2 Å². The van der Waals surface area contributed by atoms with Gasteiger partial charge in [-0.1, -0.05) is 110 Å². The van der Waals surface area contributed by atoms with Gasteiger partial charge in [-0.3, -0.25) is 4.79 Å². The number of rotatable bonds is 3. The molecule has 0 N–H and O–H groups in total. The molecule has 0 amide bonds. The van der Waals surface area contributed by atoms with Crippen molar-refractivity contribution in [3.63, 3.8) is 0 Å². The first-order valence-electron chi connectivity index (χ1n) is 21.5. The minimum absolute atomic E-state index is 0.0200. The van der Waals surface area contributed by atoms with E-state index in [2.05, 4.69) is 98.8 Å². The molecule has 0 fully saturated rings. The number of carbonyl (C=O) groups excluding carboxylic acids is 2. The van der Waals surface area contributed by atoms with E-state index in [9.17, 15) is 14.4 Å². The van der Waals surface area contributed by atoms with Crippen LogP contribution in [0, 0.1) is 5.92 Å². The van der Waals surface area contributed by atoms with Crippen LogP contribution in [0.1, 0.15) is 130 Å². The molecular weight excluding hydrogens is 749 g/mol. The Labute approximate surface area is 352 Å². The molecule has 0 spiro atoms. The van der Waals surface area contributed by atoms with Gasteiger partial charge in [0.05, 0.1) is 5.56 Å². The average molecular weight is 803 g/mol. The molecule has 5 atom stereocenters. The van der Waals surface area contributed by atoms with E-state index in [1.54, 1.807) is 0 Å². The molecule has 10 rings (SSSR count). The molecule has 4 heterocycles. The summed E-state index contributed by atoms with van der Waals surface area (Å²) in [6, 6.07) is 31.7. The molecule has 308 valence electrons. The van der Waals surface area contributed by atoms with E-state index in [4.69, 9.17) is 18.6 Å². The van der Waals surface area contributed by atoms with E-state index in [1.807, 2.05) is 45.9 Å². The molecule has 3 aliphatic heterocycles. The minimum atomic E-state index is -1.11. The fourth-order valence-electron chi connectivity index (χ4n) is 10.3. The van der Waals surface area contributed by atoms with Gasteiger partial charge in [-0.2, -0.15) is 0 Å². The van der Waals surface area contributed by atoms with E-state index in [0.717, 1.165) is 53.3 Å². The molecule has 60 heavy (non-hydrogen) atoms. The third-order valence-corrected chi connectivity index (χ3v) is 13.5. The second kappa shape index (κ2) is 15.4. The fraction of sp³-hybridized carbons (Fsp3) is 0.377. The average Bonchev–Trinajstić information content (AvgIpc) is 3.54. The van der Waals surface area contributed by atoms with E-state index in [0.29, 0.717) is 40.9 Å². The van der Waals surface area contributed by atoms with Crippen molar-refractivity contribution < 1.29 is 28.2 Å². The zero-order chi connectivity index (χ0) is 41.9. The van der Waals surface area contributed by atoms with Gasteiger partial charge in [-0.05, 0) is 123 Å². The summed E-state index contributed by atoms with van der Waals surface area (Å²) in [6.45, 7) is 11.7. The van der Waals surface area contributed by atoms with Crippen molar-refractivity contribution >= 4 is 22.9 Å². The van der Waals surface area contributed by atoms with Crippen molar-refractivity contribution in [2.45, 2.75) is 122 Å². The fourth-order valence-corrected chi connectivity index (χ4v) is 10.3. The van der Waals surface area contributed by atoms with Crippen molar-refractivity contribution in [1.82, 2.24) is 0 Å². The van der Waals surface area contributed by atoms with Gasteiger partial charge in [0.2, 0.25) is 0 Å². The van der Waals surface area contributed by atoms with Crippen LogP contribution >= 0.6 is 0 Å². The van der Waals surface area contributed by atoms with Crippen LogP contribution in [-0.2, 0) is 43.7 Å². The first-order chi connectivity index (χ1) is 28.8. The lowest BCUT2D eigenvalue weighted by atomic mass is 9.72. The van der Waals surface area contributed by atoms with Gasteiger partial charge in [-0.25, -0.2) is 9.59 Å². The van der Waals surface area contributed by atoms with Gasteiger partial charge in [0.25, 0.3) is 0 Å². The van der Waals surface area contributed by atoms with Crippen LogP contribution in [0.2, 0.25) is 0 Å². The number of carbonyl (C=O) groups is 2. The zero-order valence-electron chi connectivity index (χ0n) is 35.5. The maximum absolute atomic E-state index is 14.8. The smallest absolute Gasteiger partial charge is 0.340 e. The third-order valence-electron chi connectivity index (χ3n) is 13.5. The maximum Gasteiger partial charge on any atom is 0.340 e. The lowest BCUT2D eigenvalue weighted by Gasteiger charge is -2.43. The molecule has 1 aromatic heterocycles.